The summed E-state index contributed by atoms with van der Waals surface area (Å²) in [6, 6.07) is 5.66. The molecular weight excluding hydrogens is 221 g/mol. The average Bonchev–Trinajstić information content (AvgIpc) is 2.12. The topological polar surface area (TPSA) is 29.1 Å². The number of benzene rings is 1. The Labute approximate surface area is 93.2 Å². The lowest BCUT2D eigenvalue weighted by Crippen LogP contribution is -2.23. The number of hydrogen-bond acceptors (Lipinski definition) is 1. The normalized spacial score (nSPS) is 9.93. The van der Waals surface area contributed by atoms with E-state index in [1.165, 1.54) is 0 Å². The van der Waals surface area contributed by atoms with E-state index in [1.807, 2.05) is 25.1 Å². The summed E-state index contributed by atoms with van der Waals surface area (Å²) in [5.41, 5.74) is 2.06. The van der Waals surface area contributed by atoms with Gasteiger partial charge in [-0.3, -0.25) is 4.79 Å². The van der Waals surface area contributed by atoms with Crippen molar-refractivity contribution in [2.24, 2.45) is 0 Å². The largest absolute Gasteiger partial charge is 0.351 e. The van der Waals surface area contributed by atoms with Gasteiger partial charge in [0.05, 0.1) is 0 Å². The van der Waals surface area contributed by atoms with Crippen molar-refractivity contribution < 1.29 is 4.79 Å². The van der Waals surface area contributed by atoms with Crippen molar-refractivity contribution >= 4 is 29.1 Å². The Morgan fingerprint density at radius 1 is 1.43 bits per heavy atom. The molecule has 1 aromatic rings. The highest BCUT2D eigenvalue weighted by Crippen LogP contribution is 2.14. The first-order valence-electron chi connectivity index (χ1n) is 4.20. The Bertz CT molecular complexity index is 319. The molecule has 76 valence electrons. The maximum absolute atomic E-state index is 10.9. The number of rotatable bonds is 3. The second-order valence-electron chi connectivity index (χ2n) is 3.05. The molecule has 4 heteroatoms. The van der Waals surface area contributed by atoms with Gasteiger partial charge in [0.1, 0.15) is 5.88 Å². The summed E-state index contributed by atoms with van der Waals surface area (Å²) in [6.07, 6.45) is 0. The summed E-state index contributed by atoms with van der Waals surface area (Å²) in [7, 11) is 0. The molecule has 0 saturated carbocycles. The maximum atomic E-state index is 10.9. The summed E-state index contributed by atoms with van der Waals surface area (Å²) in [5.74, 6) is -0.191. The summed E-state index contributed by atoms with van der Waals surface area (Å²) in [6.45, 7) is 2.42. The van der Waals surface area contributed by atoms with Gasteiger partial charge in [-0.25, -0.2) is 0 Å². The first-order chi connectivity index (χ1) is 6.61. The predicted octanol–water partition coefficient (Wildman–Crippen LogP) is 2.50. The molecule has 1 aromatic carbocycles. The van der Waals surface area contributed by atoms with Crippen LogP contribution in [0.15, 0.2) is 18.2 Å². The number of alkyl halides is 1. The molecule has 0 unspecified atom stereocenters. The number of amides is 1. The van der Waals surface area contributed by atoms with Gasteiger partial charge in [-0.2, -0.15) is 0 Å². The molecule has 0 heterocycles. The minimum absolute atomic E-state index is 0.0143. The van der Waals surface area contributed by atoms with Crippen molar-refractivity contribution in [3.8, 4) is 0 Å². The van der Waals surface area contributed by atoms with Crippen LogP contribution in [0.2, 0.25) is 5.02 Å². The van der Waals surface area contributed by atoms with Crippen LogP contribution in [0.4, 0.5) is 0 Å². The molecular formula is C10H11Cl2NO. The van der Waals surface area contributed by atoms with Crippen molar-refractivity contribution in [1.82, 2.24) is 5.32 Å². The zero-order valence-electron chi connectivity index (χ0n) is 7.81. The van der Waals surface area contributed by atoms with E-state index in [0.29, 0.717) is 11.6 Å². The van der Waals surface area contributed by atoms with Crippen molar-refractivity contribution in [2.75, 3.05) is 5.88 Å². The van der Waals surface area contributed by atoms with E-state index >= 15 is 0 Å². The molecule has 1 amide bonds. The van der Waals surface area contributed by atoms with Crippen LogP contribution >= 0.6 is 23.2 Å². The molecule has 14 heavy (non-hydrogen) atoms. The van der Waals surface area contributed by atoms with E-state index in [2.05, 4.69) is 5.32 Å². The third-order valence-corrected chi connectivity index (χ3v) is 2.17. The van der Waals surface area contributed by atoms with Crippen LogP contribution in [0.1, 0.15) is 11.1 Å². The zero-order chi connectivity index (χ0) is 10.6. The summed E-state index contributed by atoms with van der Waals surface area (Å²) < 4.78 is 0. The maximum Gasteiger partial charge on any atom is 0.235 e. The standard InChI is InChI=1S/C10H11Cl2NO/c1-7-2-8(4-9(12)3-7)6-13-10(14)5-11/h2-4H,5-6H2,1H3,(H,13,14). The molecule has 0 fully saturated rings. The van der Waals surface area contributed by atoms with Gasteiger partial charge < -0.3 is 5.32 Å². The number of halogens is 2. The Kier molecular flexibility index (Phi) is 4.23. The molecule has 0 aliphatic rings. The third kappa shape index (κ3) is 3.56. The van der Waals surface area contributed by atoms with Gasteiger partial charge in [-0.15, -0.1) is 11.6 Å². The van der Waals surface area contributed by atoms with Gasteiger partial charge >= 0.3 is 0 Å². The molecule has 2 nitrogen and oxygen atoms in total. The smallest absolute Gasteiger partial charge is 0.235 e. The molecule has 0 aliphatic carbocycles. The highest BCUT2D eigenvalue weighted by molar-refractivity contribution is 6.30. The van der Waals surface area contributed by atoms with Crippen molar-refractivity contribution in [3.63, 3.8) is 0 Å². The van der Waals surface area contributed by atoms with E-state index < -0.39 is 0 Å². The number of nitrogens with one attached hydrogen (secondary N) is 1. The van der Waals surface area contributed by atoms with Gasteiger partial charge in [0.15, 0.2) is 0 Å². The monoisotopic (exact) mass is 231 g/mol. The number of hydrogen-bond donors (Lipinski definition) is 1. The lowest BCUT2D eigenvalue weighted by Gasteiger charge is -2.05. The lowest BCUT2D eigenvalue weighted by molar-refractivity contribution is -0.118. The van der Waals surface area contributed by atoms with E-state index in [4.69, 9.17) is 23.2 Å². The minimum Gasteiger partial charge on any atom is -0.351 e. The Balaban J connectivity index is 2.63. The molecule has 0 bridgehead atoms. The van der Waals surface area contributed by atoms with Crippen LogP contribution in [0.3, 0.4) is 0 Å². The third-order valence-electron chi connectivity index (χ3n) is 1.71. The van der Waals surface area contributed by atoms with Gasteiger partial charge in [-0.1, -0.05) is 17.7 Å². The first kappa shape index (κ1) is 11.3. The van der Waals surface area contributed by atoms with Gasteiger partial charge in [0.2, 0.25) is 5.91 Å². The molecule has 0 aliphatic heterocycles. The Hall–Kier alpha value is -0.730. The molecule has 0 aromatic heterocycles. The van der Waals surface area contributed by atoms with E-state index in [0.717, 1.165) is 11.1 Å². The number of carbonyl (C=O) groups excluding carboxylic acids is 1. The minimum atomic E-state index is -0.177. The second kappa shape index (κ2) is 5.23. The van der Waals surface area contributed by atoms with Crippen LogP contribution in [0.25, 0.3) is 0 Å². The first-order valence-corrected chi connectivity index (χ1v) is 5.12. The summed E-state index contributed by atoms with van der Waals surface area (Å²) in [4.78, 5) is 10.9. The fourth-order valence-corrected chi connectivity index (χ4v) is 1.57. The van der Waals surface area contributed by atoms with Crippen LogP contribution in [-0.4, -0.2) is 11.8 Å². The Morgan fingerprint density at radius 3 is 2.71 bits per heavy atom. The van der Waals surface area contributed by atoms with Gasteiger partial charge in [0.25, 0.3) is 0 Å². The van der Waals surface area contributed by atoms with Crippen molar-refractivity contribution in [3.05, 3.63) is 34.3 Å². The molecule has 0 radical (unpaired) electrons. The SMILES string of the molecule is Cc1cc(Cl)cc(CNC(=O)CCl)c1. The van der Waals surface area contributed by atoms with Crippen LogP contribution < -0.4 is 5.32 Å². The van der Waals surface area contributed by atoms with Crippen molar-refractivity contribution in [2.45, 2.75) is 13.5 Å². The predicted molar refractivity (Wildman–Crippen MR) is 58.8 cm³/mol. The summed E-state index contributed by atoms with van der Waals surface area (Å²) >= 11 is 11.2. The van der Waals surface area contributed by atoms with E-state index in [9.17, 15) is 4.79 Å². The molecule has 0 saturated heterocycles. The molecule has 1 rings (SSSR count). The molecule has 0 spiro atoms. The second-order valence-corrected chi connectivity index (χ2v) is 3.75. The van der Waals surface area contributed by atoms with Gasteiger partial charge in [0, 0.05) is 11.6 Å². The highest BCUT2D eigenvalue weighted by atomic mass is 35.5. The zero-order valence-corrected chi connectivity index (χ0v) is 9.32. The lowest BCUT2D eigenvalue weighted by atomic mass is 10.1. The Morgan fingerprint density at radius 2 is 2.14 bits per heavy atom. The van der Waals surface area contributed by atoms with Crippen molar-refractivity contribution in [1.29, 1.82) is 0 Å². The average molecular weight is 232 g/mol. The highest BCUT2D eigenvalue weighted by Gasteiger charge is 2.00. The van der Waals surface area contributed by atoms with Crippen LogP contribution in [0, 0.1) is 6.92 Å². The van der Waals surface area contributed by atoms with Gasteiger partial charge in [-0.05, 0) is 30.2 Å². The fraction of sp³-hybridized carbons (Fsp3) is 0.300. The quantitative estimate of drug-likeness (QED) is 0.797. The van der Waals surface area contributed by atoms with E-state index in [1.54, 1.807) is 0 Å². The van der Waals surface area contributed by atoms with Crippen LogP contribution in [0.5, 0.6) is 0 Å². The number of carbonyl (C=O) groups is 1. The molecule has 1 N–H and O–H groups in total. The van der Waals surface area contributed by atoms with E-state index in [-0.39, 0.29) is 11.8 Å². The fourth-order valence-electron chi connectivity index (χ4n) is 1.16. The molecule has 0 atom stereocenters. The number of aryl methyl sites for hydroxylation is 1. The summed E-state index contributed by atoms with van der Waals surface area (Å²) in [5, 5.41) is 3.35. The van der Waals surface area contributed by atoms with Crippen LogP contribution in [-0.2, 0) is 11.3 Å².